The number of rotatable bonds is 3. The summed E-state index contributed by atoms with van der Waals surface area (Å²) in [5, 5.41) is 11.8. The van der Waals surface area contributed by atoms with Crippen LogP contribution < -0.4 is 5.32 Å². The van der Waals surface area contributed by atoms with Crippen molar-refractivity contribution in [2.24, 2.45) is 11.8 Å². The highest BCUT2D eigenvalue weighted by atomic mass is 79.9. The second-order valence-corrected chi connectivity index (χ2v) is 6.06. The van der Waals surface area contributed by atoms with Crippen LogP contribution in [-0.4, -0.2) is 35.1 Å². The topological polar surface area (TPSA) is 69.6 Å². The Morgan fingerprint density at radius 2 is 2.10 bits per heavy atom. The number of aryl methyl sites for hydroxylation is 1. The summed E-state index contributed by atoms with van der Waals surface area (Å²) in [6.45, 7) is 4.61. The van der Waals surface area contributed by atoms with E-state index < -0.39 is 11.9 Å². The molecule has 20 heavy (non-hydrogen) atoms. The maximum Gasteiger partial charge on any atom is 0.321 e. The molecule has 0 spiro atoms. The zero-order valence-electron chi connectivity index (χ0n) is 11.4. The van der Waals surface area contributed by atoms with Gasteiger partial charge in [0.05, 0.1) is 11.6 Å². The number of carbonyl (C=O) groups excluding carboxylic acids is 1. The van der Waals surface area contributed by atoms with Crippen molar-refractivity contribution in [3.05, 3.63) is 28.2 Å². The molecule has 1 aromatic carbocycles. The van der Waals surface area contributed by atoms with Gasteiger partial charge in [-0.2, -0.15) is 0 Å². The van der Waals surface area contributed by atoms with Crippen LogP contribution in [0.1, 0.15) is 12.5 Å². The molecule has 2 amide bonds. The van der Waals surface area contributed by atoms with Gasteiger partial charge in [0, 0.05) is 23.5 Å². The van der Waals surface area contributed by atoms with Crippen LogP contribution in [0.2, 0.25) is 0 Å². The van der Waals surface area contributed by atoms with Gasteiger partial charge in [-0.25, -0.2) is 4.79 Å². The van der Waals surface area contributed by atoms with E-state index in [4.69, 9.17) is 5.11 Å². The molecule has 1 heterocycles. The summed E-state index contributed by atoms with van der Waals surface area (Å²) in [5.41, 5.74) is 1.79. The summed E-state index contributed by atoms with van der Waals surface area (Å²) >= 11 is 3.39. The van der Waals surface area contributed by atoms with Gasteiger partial charge in [0.25, 0.3) is 0 Å². The molecule has 1 aromatic rings. The van der Waals surface area contributed by atoms with E-state index in [1.54, 1.807) is 11.8 Å². The standard InChI is InChI=1S/C14H17BrN2O3/c1-8-3-4-11(15)12(5-8)16-14(20)17-6-10(7-17)9(2)13(18)19/h3-5,9-10H,6-7H2,1-2H3,(H,16,20)(H,18,19). The monoisotopic (exact) mass is 340 g/mol. The Bertz CT molecular complexity index is 541. The molecule has 1 saturated heterocycles. The molecule has 0 bridgehead atoms. The lowest BCUT2D eigenvalue weighted by Gasteiger charge is -2.41. The Labute approximate surface area is 126 Å². The number of carbonyl (C=O) groups is 2. The molecule has 2 N–H and O–H groups in total. The maximum atomic E-state index is 12.0. The van der Waals surface area contributed by atoms with Crippen molar-refractivity contribution in [3.8, 4) is 0 Å². The number of hydrogen-bond donors (Lipinski definition) is 2. The number of nitrogens with one attached hydrogen (secondary N) is 1. The van der Waals surface area contributed by atoms with Gasteiger partial charge < -0.3 is 15.3 Å². The van der Waals surface area contributed by atoms with Crippen LogP contribution in [0.25, 0.3) is 0 Å². The van der Waals surface area contributed by atoms with Gasteiger partial charge in [-0.05, 0) is 40.5 Å². The predicted molar refractivity (Wildman–Crippen MR) is 79.8 cm³/mol. The lowest BCUT2D eigenvalue weighted by atomic mass is 9.87. The first-order chi connectivity index (χ1) is 9.38. The number of hydrogen-bond acceptors (Lipinski definition) is 2. The third-order valence-electron chi connectivity index (χ3n) is 3.66. The van der Waals surface area contributed by atoms with Gasteiger partial charge in [-0.3, -0.25) is 4.79 Å². The number of anilines is 1. The quantitative estimate of drug-likeness (QED) is 0.888. The minimum absolute atomic E-state index is 0.0409. The number of urea groups is 1. The second-order valence-electron chi connectivity index (χ2n) is 5.21. The number of carboxylic acid groups (broad SMARTS) is 1. The summed E-state index contributed by atoms with van der Waals surface area (Å²) < 4.78 is 0.826. The Kier molecular flexibility index (Phi) is 4.32. The number of benzene rings is 1. The van der Waals surface area contributed by atoms with Crippen molar-refractivity contribution < 1.29 is 14.7 Å². The number of likely N-dealkylation sites (tertiary alicyclic amines) is 1. The highest BCUT2D eigenvalue weighted by Crippen LogP contribution is 2.27. The molecule has 0 saturated carbocycles. The van der Waals surface area contributed by atoms with Crippen molar-refractivity contribution in [2.45, 2.75) is 13.8 Å². The SMILES string of the molecule is Cc1ccc(Br)c(NC(=O)N2CC(C(C)C(=O)O)C2)c1. The first kappa shape index (κ1) is 14.8. The zero-order valence-corrected chi connectivity index (χ0v) is 13.0. The fourth-order valence-corrected chi connectivity index (χ4v) is 2.47. The average Bonchev–Trinajstić information content (AvgIpc) is 2.31. The van der Waals surface area contributed by atoms with E-state index in [1.807, 2.05) is 25.1 Å². The van der Waals surface area contributed by atoms with E-state index in [0.717, 1.165) is 15.7 Å². The molecular weight excluding hydrogens is 324 g/mol. The molecule has 1 aliphatic rings. The third kappa shape index (κ3) is 3.12. The molecule has 1 atom stereocenters. The largest absolute Gasteiger partial charge is 0.481 e. The summed E-state index contributed by atoms with van der Waals surface area (Å²) in [6.07, 6.45) is 0. The van der Waals surface area contributed by atoms with E-state index in [0.29, 0.717) is 13.1 Å². The molecule has 0 aliphatic carbocycles. The Morgan fingerprint density at radius 3 is 2.70 bits per heavy atom. The van der Waals surface area contributed by atoms with Gasteiger partial charge >= 0.3 is 12.0 Å². The number of nitrogens with zero attached hydrogens (tertiary/aromatic N) is 1. The smallest absolute Gasteiger partial charge is 0.321 e. The van der Waals surface area contributed by atoms with Gasteiger partial charge in [-0.15, -0.1) is 0 Å². The van der Waals surface area contributed by atoms with E-state index in [2.05, 4.69) is 21.2 Å². The van der Waals surface area contributed by atoms with E-state index in [-0.39, 0.29) is 11.9 Å². The van der Waals surface area contributed by atoms with Crippen LogP contribution in [0.3, 0.4) is 0 Å². The van der Waals surface area contributed by atoms with Crippen molar-refractivity contribution >= 4 is 33.6 Å². The van der Waals surface area contributed by atoms with E-state index >= 15 is 0 Å². The van der Waals surface area contributed by atoms with Gasteiger partial charge in [-0.1, -0.05) is 13.0 Å². The molecular formula is C14H17BrN2O3. The number of halogens is 1. The van der Waals surface area contributed by atoms with Crippen LogP contribution in [0.15, 0.2) is 22.7 Å². The summed E-state index contributed by atoms with van der Waals surface area (Å²) in [6, 6.07) is 5.54. The third-order valence-corrected chi connectivity index (χ3v) is 4.35. The average molecular weight is 341 g/mol. The number of carboxylic acids is 1. The van der Waals surface area contributed by atoms with Crippen LogP contribution in [0, 0.1) is 18.8 Å². The molecule has 108 valence electrons. The van der Waals surface area contributed by atoms with Crippen LogP contribution in [0.5, 0.6) is 0 Å². The van der Waals surface area contributed by atoms with E-state index in [9.17, 15) is 9.59 Å². The summed E-state index contributed by atoms with van der Waals surface area (Å²) in [4.78, 5) is 24.5. The Hall–Kier alpha value is -1.56. The molecule has 1 fully saturated rings. The predicted octanol–water partition coefficient (Wildman–Crippen LogP) is 2.94. The number of aliphatic carboxylic acids is 1. The lowest BCUT2D eigenvalue weighted by Crippen LogP contribution is -2.54. The molecule has 6 heteroatoms. The summed E-state index contributed by atoms with van der Waals surface area (Å²) in [5.74, 6) is -1.18. The van der Waals surface area contributed by atoms with Gasteiger partial charge in [0.15, 0.2) is 0 Å². The molecule has 1 unspecified atom stereocenters. The van der Waals surface area contributed by atoms with Crippen molar-refractivity contribution in [2.75, 3.05) is 18.4 Å². The molecule has 2 rings (SSSR count). The second kappa shape index (κ2) is 5.83. The van der Waals surface area contributed by atoms with Crippen LogP contribution in [-0.2, 0) is 4.79 Å². The first-order valence-electron chi connectivity index (χ1n) is 6.43. The highest BCUT2D eigenvalue weighted by molar-refractivity contribution is 9.10. The molecule has 1 aliphatic heterocycles. The van der Waals surface area contributed by atoms with Crippen LogP contribution in [0.4, 0.5) is 10.5 Å². The van der Waals surface area contributed by atoms with Crippen molar-refractivity contribution in [1.82, 2.24) is 4.90 Å². The minimum atomic E-state index is -0.809. The van der Waals surface area contributed by atoms with E-state index in [1.165, 1.54) is 0 Å². The Balaban J connectivity index is 1.92. The zero-order chi connectivity index (χ0) is 14.9. The molecule has 5 nitrogen and oxygen atoms in total. The fraction of sp³-hybridized carbons (Fsp3) is 0.429. The minimum Gasteiger partial charge on any atom is -0.481 e. The van der Waals surface area contributed by atoms with Crippen LogP contribution >= 0.6 is 15.9 Å². The first-order valence-corrected chi connectivity index (χ1v) is 7.22. The highest BCUT2D eigenvalue weighted by Gasteiger charge is 2.37. The lowest BCUT2D eigenvalue weighted by molar-refractivity contribution is -0.144. The maximum absolute atomic E-state index is 12.0. The van der Waals surface area contributed by atoms with Crippen molar-refractivity contribution in [1.29, 1.82) is 0 Å². The summed E-state index contributed by atoms with van der Waals surface area (Å²) in [7, 11) is 0. The fourth-order valence-electron chi connectivity index (χ4n) is 2.13. The van der Waals surface area contributed by atoms with Gasteiger partial charge in [0.1, 0.15) is 0 Å². The Morgan fingerprint density at radius 1 is 1.45 bits per heavy atom. The van der Waals surface area contributed by atoms with Gasteiger partial charge in [0.2, 0.25) is 0 Å². The van der Waals surface area contributed by atoms with Crippen molar-refractivity contribution in [3.63, 3.8) is 0 Å². The normalized spacial score (nSPS) is 16.4. The molecule has 0 radical (unpaired) electrons. The number of amides is 2. The molecule has 0 aromatic heterocycles.